The van der Waals surface area contributed by atoms with Crippen LogP contribution in [-0.4, -0.2) is 19.4 Å². The lowest BCUT2D eigenvalue weighted by Gasteiger charge is -2.13. The second-order valence-corrected chi connectivity index (χ2v) is 9.33. The first-order chi connectivity index (χ1) is 4.48. The quantitative estimate of drug-likeness (QED) is 0.403. The van der Waals surface area contributed by atoms with Gasteiger partial charge in [0, 0.05) is 12.5 Å². The summed E-state index contributed by atoms with van der Waals surface area (Å²) in [4.78, 5) is 0. The normalized spacial score (nSPS) is 15.3. The van der Waals surface area contributed by atoms with Crippen LogP contribution in [0.2, 0.25) is 6.04 Å². The number of alkyl halides is 1. The molecule has 0 saturated carbocycles. The number of halogens is 3. The van der Waals surface area contributed by atoms with E-state index < -0.39 is 6.94 Å². The van der Waals surface area contributed by atoms with Gasteiger partial charge in [0.15, 0.2) is 0 Å². The summed E-state index contributed by atoms with van der Waals surface area (Å²) in [6.07, 6.45) is 0.814. The average Bonchev–Trinajstić information content (AvgIpc) is 1.85. The van der Waals surface area contributed by atoms with E-state index in [1.807, 2.05) is 6.92 Å². The van der Waals surface area contributed by atoms with Gasteiger partial charge in [-0.1, -0.05) is 0 Å². The van der Waals surface area contributed by atoms with E-state index >= 15 is 0 Å². The van der Waals surface area contributed by atoms with E-state index in [0.29, 0.717) is 6.04 Å². The van der Waals surface area contributed by atoms with Gasteiger partial charge >= 0.3 is 6.94 Å². The van der Waals surface area contributed by atoms with Crippen molar-refractivity contribution in [2.75, 3.05) is 7.11 Å². The van der Waals surface area contributed by atoms with Crippen LogP contribution in [0.4, 0.5) is 0 Å². The van der Waals surface area contributed by atoms with Crippen LogP contribution in [0.15, 0.2) is 0 Å². The molecule has 0 spiro atoms. The minimum absolute atomic E-state index is 0.125. The van der Waals surface area contributed by atoms with E-state index in [9.17, 15) is 0 Å². The lowest BCUT2D eigenvalue weighted by molar-refractivity contribution is 0.425. The molecule has 0 aliphatic heterocycles. The second-order valence-electron chi connectivity index (χ2n) is 2.16. The Morgan fingerprint density at radius 3 is 2.30 bits per heavy atom. The molecule has 0 saturated heterocycles. The molecule has 0 heterocycles. The van der Waals surface area contributed by atoms with Crippen LogP contribution in [0.5, 0.6) is 0 Å². The van der Waals surface area contributed by atoms with Crippen molar-refractivity contribution in [3.05, 3.63) is 0 Å². The fourth-order valence-corrected chi connectivity index (χ4v) is 2.39. The Morgan fingerprint density at radius 1 is 1.50 bits per heavy atom. The van der Waals surface area contributed by atoms with Crippen molar-refractivity contribution in [3.63, 3.8) is 0 Å². The third kappa shape index (κ3) is 5.80. The first-order valence-electron chi connectivity index (χ1n) is 3.05. The van der Waals surface area contributed by atoms with E-state index in [2.05, 4.69) is 0 Å². The molecule has 62 valence electrons. The summed E-state index contributed by atoms with van der Waals surface area (Å²) < 4.78 is 4.90. The first-order valence-corrected chi connectivity index (χ1v) is 7.62. The largest absolute Gasteiger partial charge is 0.396 e. The Labute approximate surface area is 77.1 Å². The molecule has 0 N–H and O–H groups in total. The van der Waals surface area contributed by atoms with Crippen molar-refractivity contribution in [1.82, 2.24) is 0 Å². The zero-order valence-electron chi connectivity index (χ0n) is 6.03. The maximum Gasteiger partial charge on any atom is 0.389 e. The van der Waals surface area contributed by atoms with Gasteiger partial charge in [-0.15, -0.1) is 33.8 Å². The molecule has 10 heavy (non-hydrogen) atoms. The fraction of sp³-hybridized carbons (Fsp3) is 1.00. The van der Waals surface area contributed by atoms with Crippen LogP contribution in [0, 0.1) is 0 Å². The minimum Gasteiger partial charge on any atom is -0.396 e. The number of rotatable bonds is 4. The van der Waals surface area contributed by atoms with Crippen molar-refractivity contribution < 1.29 is 4.43 Å². The highest BCUT2D eigenvalue weighted by molar-refractivity contribution is 7.42. The van der Waals surface area contributed by atoms with Gasteiger partial charge in [0.05, 0.1) is 0 Å². The summed E-state index contributed by atoms with van der Waals surface area (Å²) in [5.41, 5.74) is 0. The lowest BCUT2D eigenvalue weighted by atomic mass is 10.4. The monoisotopic (exact) mass is 220 g/mol. The van der Waals surface area contributed by atoms with Gasteiger partial charge in [0.1, 0.15) is 0 Å². The van der Waals surface area contributed by atoms with Gasteiger partial charge in [-0.05, 0) is 19.4 Å². The Balaban J connectivity index is 3.46. The zero-order chi connectivity index (χ0) is 8.20. The highest BCUT2D eigenvalue weighted by atomic mass is 35.7. The molecule has 0 aliphatic carbocycles. The number of hydrogen-bond donors (Lipinski definition) is 0. The summed E-state index contributed by atoms with van der Waals surface area (Å²) in [7, 11) is 1.53. The van der Waals surface area contributed by atoms with Crippen LogP contribution in [0.25, 0.3) is 0 Å². The molecule has 0 amide bonds. The van der Waals surface area contributed by atoms with Crippen LogP contribution in [0.1, 0.15) is 13.3 Å². The Kier molecular flexibility index (Phi) is 5.34. The lowest BCUT2D eigenvalue weighted by Crippen LogP contribution is -2.22. The molecule has 0 aromatic rings. The minimum atomic E-state index is -2.38. The maximum absolute atomic E-state index is 5.79. The molecule has 0 aliphatic rings. The summed E-state index contributed by atoms with van der Waals surface area (Å²) in [6, 6.07) is 0.692. The van der Waals surface area contributed by atoms with Crippen LogP contribution in [-0.2, 0) is 4.43 Å². The van der Waals surface area contributed by atoms with Gasteiger partial charge < -0.3 is 4.43 Å². The van der Waals surface area contributed by atoms with Gasteiger partial charge in [-0.25, -0.2) is 0 Å². The molecule has 0 aromatic carbocycles. The van der Waals surface area contributed by atoms with E-state index in [4.69, 9.17) is 38.2 Å². The van der Waals surface area contributed by atoms with Gasteiger partial charge in [0.25, 0.3) is 0 Å². The molecule has 5 heteroatoms. The molecule has 0 fully saturated rings. The van der Waals surface area contributed by atoms with Crippen molar-refractivity contribution >= 4 is 40.7 Å². The molecule has 1 unspecified atom stereocenters. The van der Waals surface area contributed by atoms with Gasteiger partial charge in [-0.2, -0.15) is 0 Å². The average molecular weight is 222 g/mol. The third-order valence-electron chi connectivity index (χ3n) is 1.13. The Morgan fingerprint density at radius 2 is 2.00 bits per heavy atom. The molecule has 1 atom stereocenters. The highest BCUT2D eigenvalue weighted by Crippen LogP contribution is 2.24. The summed E-state index contributed by atoms with van der Waals surface area (Å²) in [5, 5.41) is 0.125. The molecule has 0 rings (SSSR count). The first kappa shape index (κ1) is 11.0. The van der Waals surface area contributed by atoms with Crippen molar-refractivity contribution in [2.45, 2.75) is 24.8 Å². The number of hydrogen-bond acceptors (Lipinski definition) is 1. The maximum atomic E-state index is 5.79. The Hall–Kier alpha value is 1.05. The van der Waals surface area contributed by atoms with E-state index in [0.717, 1.165) is 6.42 Å². The van der Waals surface area contributed by atoms with Crippen molar-refractivity contribution in [2.24, 2.45) is 0 Å². The zero-order valence-corrected chi connectivity index (χ0v) is 9.30. The topological polar surface area (TPSA) is 9.23 Å². The van der Waals surface area contributed by atoms with E-state index in [1.54, 1.807) is 0 Å². The van der Waals surface area contributed by atoms with Crippen molar-refractivity contribution in [3.8, 4) is 0 Å². The predicted molar refractivity (Wildman–Crippen MR) is 49.2 cm³/mol. The third-order valence-corrected chi connectivity index (χ3v) is 4.88. The molecule has 0 aromatic heterocycles. The van der Waals surface area contributed by atoms with Crippen LogP contribution >= 0.6 is 33.8 Å². The van der Waals surface area contributed by atoms with E-state index in [1.165, 1.54) is 7.11 Å². The molecule has 0 bridgehead atoms. The summed E-state index contributed by atoms with van der Waals surface area (Å²) in [5.74, 6) is 0. The molecular formula is C5H11Cl3OSi. The molecule has 0 radical (unpaired) electrons. The van der Waals surface area contributed by atoms with Gasteiger partial charge in [-0.3, -0.25) is 0 Å². The molecule has 1 nitrogen and oxygen atoms in total. The second kappa shape index (κ2) is 4.83. The van der Waals surface area contributed by atoms with Crippen molar-refractivity contribution in [1.29, 1.82) is 0 Å². The van der Waals surface area contributed by atoms with E-state index in [-0.39, 0.29) is 5.38 Å². The van der Waals surface area contributed by atoms with Crippen LogP contribution < -0.4 is 0 Å². The standard InChI is InChI=1S/C5H11Cl3OSi/c1-5(6)3-4-10(7,8)9-2/h5H,3-4H2,1-2H3. The summed E-state index contributed by atoms with van der Waals surface area (Å²) >= 11 is 17.3. The predicted octanol–water partition coefficient (Wildman–Crippen LogP) is 3.07. The summed E-state index contributed by atoms with van der Waals surface area (Å²) in [6.45, 7) is -0.468. The Bertz CT molecular complexity index is 96.9. The SMILES string of the molecule is CO[Si](Cl)(Cl)CCC(C)Cl. The fourth-order valence-electron chi connectivity index (χ4n) is 0.469. The highest BCUT2D eigenvalue weighted by Gasteiger charge is 2.28. The van der Waals surface area contributed by atoms with Gasteiger partial charge in [0.2, 0.25) is 0 Å². The molecular weight excluding hydrogens is 210 g/mol. The smallest absolute Gasteiger partial charge is 0.389 e. The van der Waals surface area contributed by atoms with Crippen LogP contribution in [0.3, 0.4) is 0 Å².